The lowest BCUT2D eigenvalue weighted by Crippen LogP contribution is -2.30. The van der Waals surface area contributed by atoms with Crippen molar-refractivity contribution in [1.82, 2.24) is 0 Å². The zero-order chi connectivity index (χ0) is 47.2. The summed E-state index contributed by atoms with van der Waals surface area (Å²) in [5.41, 5.74) is 0. The van der Waals surface area contributed by atoms with Crippen molar-refractivity contribution in [2.24, 2.45) is 0 Å². The van der Waals surface area contributed by atoms with Crippen LogP contribution >= 0.6 is 0 Å². The molecule has 378 valence electrons. The van der Waals surface area contributed by atoms with Gasteiger partial charge in [0.05, 0.1) is 0 Å². The van der Waals surface area contributed by atoms with Gasteiger partial charge < -0.3 is 14.2 Å². The van der Waals surface area contributed by atoms with E-state index >= 15 is 0 Å². The molecule has 0 heterocycles. The highest BCUT2D eigenvalue weighted by molar-refractivity contribution is 5.71. The van der Waals surface area contributed by atoms with E-state index in [-0.39, 0.29) is 31.1 Å². The predicted molar refractivity (Wildman–Crippen MR) is 279 cm³/mol. The summed E-state index contributed by atoms with van der Waals surface area (Å²) in [6.07, 6.45) is 65.2. The minimum Gasteiger partial charge on any atom is -0.462 e. The molecule has 6 nitrogen and oxygen atoms in total. The van der Waals surface area contributed by atoms with Gasteiger partial charge >= 0.3 is 17.9 Å². The molecule has 0 rings (SSSR count). The van der Waals surface area contributed by atoms with Gasteiger partial charge in [-0.05, 0) is 77.0 Å². The summed E-state index contributed by atoms with van der Waals surface area (Å²) in [5, 5.41) is 0. The van der Waals surface area contributed by atoms with Gasteiger partial charge in [-0.25, -0.2) is 0 Å². The zero-order valence-corrected chi connectivity index (χ0v) is 43.3. The first-order chi connectivity index (χ1) is 32.0. The summed E-state index contributed by atoms with van der Waals surface area (Å²) in [6.45, 7) is 6.56. The van der Waals surface area contributed by atoms with Gasteiger partial charge in [-0.2, -0.15) is 0 Å². The fourth-order valence-electron chi connectivity index (χ4n) is 8.04. The Labute approximate surface area is 403 Å². The molecule has 0 aliphatic rings. The van der Waals surface area contributed by atoms with Gasteiger partial charge in [0.1, 0.15) is 13.2 Å². The largest absolute Gasteiger partial charge is 0.462 e. The first-order valence-electron chi connectivity index (χ1n) is 28.1. The van der Waals surface area contributed by atoms with Crippen molar-refractivity contribution in [2.45, 2.75) is 297 Å². The third kappa shape index (κ3) is 52.2. The molecule has 0 saturated heterocycles. The maximum atomic E-state index is 12.8. The fourth-order valence-corrected chi connectivity index (χ4v) is 8.04. The fraction of sp³-hybridized carbons (Fsp3) is 0.814. The van der Waals surface area contributed by atoms with Crippen LogP contribution < -0.4 is 0 Å². The van der Waals surface area contributed by atoms with Crippen molar-refractivity contribution < 1.29 is 28.6 Å². The molecule has 0 aromatic rings. The molecule has 0 fully saturated rings. The van der Waals surface area contributed by atoms with Crippen LogP contribution in [0.25, 0.3) is 0 Å². The molecule has 0 aromatic carbocycles. The van der Waals surface area contributed by atoms with Crippen LogP contribution in [0.2, 0.25) is 0 Å². The molecule has 6 heteroatoms. The van der Waals surface area contributed by atoms with Gasteiger partial charge in [0, 0.05) is 19.3 Å². The minimum atomic E-state index is -0.778. The lowest BCUT2D eigenvalue weighted by Gasteiger charge is -2.18. The van der Waals surface area contributed by atoms with Crippen LogP contribution in [-0.2, 0) is 28.6 Å². The molecule has 0 aromatic heterocycles. The number of ether oxygens (including phenoxy) is 3. The van der Waals surface area contributed by atoms with E-state index in [9.17, 15) is 14.4 Å². The van der Waals surface area contributed by atoms with Gasteiger partial charge in [-0.1, -0.05) is 243 Å². The van der Waals surface area contributed by atoms with Crippen molar-refractivity contribution in [2.75, 3.05) is 13.2 Å². The zero-order valence-electron chi connectivity index (χ0n) is 43.3. The van der Waals surface area contributed by atoms with Gasteiger partial charge in [0.15, 0.2) is 6.10 Å². The standard InChI is InChI=1S/C59H106O6/c1-4-7-10-13-16-19-22-25-27-28-29-30-32-34-37-40-43-46-49-52-58(61)64-55-56(54-63-57(60)51-48-45-42-39-36-33-24-21-18-15-12-9-6-3)65-59(62)53-50-47-44-41-38-35-31-26-23-20-17-14-11-8-5-2/h12,15-16,19,21,24-25,27,56H,4-11,13-14,17-18,20,22-23,26,28-55H2,1-3H3/b15-12-,19-16-,24-21-,27-25-. The van der Waals surface area contributed by atoms with Crippen molar-refractivity contribution in [1.29, 1.82) is 0 Å². The summed E-state index contributed by atoms with van der Waals surface area (Å²) in [6, 6.07) is 0. The number of hydrogen-bond donors (Lipinski definition) is 0. The molecule has 0 amide bonds. The molecule has 0 bridgehead atoms. The molecule has 0 aliphatic heterocycles. The number of allylic oxidation sites excluding steroid dienone is 8. The number of esters is 3. The van der Waals surface area contributed by atoms with Crippen LogP contribution in [0.1, 0.15) is 290 Å². The summed E-state index contributed by atoms with van der Waals surface area (Å²) >= 11 is 0. The van der Waals surface area contributed by atoms with Crippen LogP contribution in [0.15, 0.2) is 48.6 Å². The molecule has 0 spiro atoms. The number of rotatable bonds is 51. The van der Waals surface area contributed by atoms with E-state index in [0.717, 1.165) is 89.9 Å². The summed E-state index contributed by atoms with van der Waals surface area (Å²) < 4.78 is 16.8. The third-order valence-corrected chi connectivity index (χ3v) is 12.3. The minimum absolute atomic E-state index is 0.0772. The molecule has 0 N–H and O–H groups in total. The Kier molecular flexibility index (Phi) is 51.8. The number of unbranched alkanes of at least 4 members (excludes halogenated alkanes) is 32. The van der Waals surface area contributed by atoms with E-state index in [0.29, 0.717) is 19.3 Å². The second-order valence-electron chi connectivity index (χ2n) is 18.8. The Morgan fingerprint density at radius 1 is 0.308 bits per heavy atom. The van der Waals surface area contributed by atoms with E-state index in [2.05, 4.69) is 69.4 Å². The molecule has 0 aliphatic carbocycles. The number of carbonyl (C=O) groups excluding carboxylic acids is 3. The molecule has 1 unspecified atom stereocenters. The van der Waals surface area contributed by atoms with Gasteiger partial charge in [-0.3, -0.25) is 14.4 Å². The van der Waals surface area contributed by atoms with E-state index in [4.69, 9.17) is 14.2 Å². The quantitative estimate of drug-likeness (QED) is 0.0262. The van der Waals surface area contributed by atoms with Crippen LogP contribution in [0.5, 0.6) is 0 Å². The van der Waals surface area contributed by atoms with Gasteiger partial charge in [0.2, 0.25) is 0 Å². The van der Waals surface area contributed by atoms with Crippen molar-refractivity contribution in [3.63, 3.8) is 0 Å². The summed E-state index contributed by atoms with van der Waals surface area (Å²) in [4.78, 5) is 38.1. The monoisotopic (exact) mass is 911 g/mol. The van der Waals surface area contributed by atoms with Crippen LogP contribution in [0.3, 0.4) is 0 Å². The van der Waals surface area contributed by atoms with E-state index < -0.39 is 6.10 Å². The third-order valence-electron chi connectivity index (χ3n) is 12.3. The maximum Gasteiger partial charge on any atom is 0.306 e. The normalized spacial score (nSPS) is 12.4. The second kappa shape index (κ2) is 54.0. The second-order valence-corrected chi connectivity index (χ2v) is 18.8. The summed E-state index contributed by atoms with van der Waals surface area (Å²) in [7, 11) is 0. The van der Waals surface area contributed by atoms with Crippen LogP contribution in [-0.4, -0.2) is 37.2 Å². The first kappa shape index (κ1) is 62.4. The lowest BCUT2D eigenvalue weighted by molar-refractivity contribution is -0.167. The van der Waals surface area contributed by atoms with Crippen molar-refractivity contribution in [3.05, 3.63) is 48.6 Å². The molecular weight excluding hydrogens is 805 g/mol. The number of hydrogen-bond acceptors (Lipinski definition) is 6. The molecule has 0 radical (unpaired) electrons. The molecule has 0 saturated carbocycles. The Bertz CT molecular complexity index is 1140. The number of carbonyl (C=O) groups is 3. The highest BCUT2D eigenvalue weighted by Crippen LogP contribution is 2.16. The Balaban J connectivity index is 4.34. The SMILES string of the molecule is CCC/C=C\C/C=C\CCCCCCCC(=O)OCC(COC(=O)CCCCCCCCCCC/C=C\C/C=C\CCCCC)OC(=O)CCCCCCCCCCCCCCCCC. The molecular formula is C59H106O6. The van der Waals surface area contributed by atoms with E-state index in [1.165, 1.54) is 161 Å². The average molecular weight is 911 g/mol. The maximum absolute atomic E-state index is 12.8. The van der Waals surface area contributed by atoms with Gasteiger partial charge in [0.25, 0.3) is 0 Å². The highest BCUT2D eigenvalue weighted by Gasteiger charge is 2.19. The van der Waals surface area contributed by atoms with Crippen LogP contribution in [0, 0.1) is 0 Å². The highest BCUT2D eigenvalue weighted by atomic mass is 16.6. The van der Waals surface area contributed by atoms with E-state index in [1.807, 2.05) is 0 Å². The Morgan fingerprint density at radius 3 is 0.938 bits per heavy atom. The van der Waals surface area contributed by atoms with Crippen molar-refractivity contribution >= 4 is 17.9 Å². The Morgan fingerprint density at radius 2 is 0.585 bits per heavy atom. The molecule has 1 atom stereocenters. The van der Waals surface area contributed by atoms with Gasteiger partial charge in [-0.15, -0.1) is 0 Å². The smallest absolute Gasteiger partial charge is 0.306 e. The summed E-state index contributed by atoms with van der Waals surface area (Å²) in [5.74, 6) is -0.882. The predicted octanol–water partition coefficient (Wildman–Crippen LogP) is 18.7. The topological polar surface area (TPSA) is 78.9 Å². The first-order valence-corrected chi connectivity index (χ1v) is 28.1. The van der Waals surface area contributed by atoms with E-state index in [1.54, 1.807) is 0 Å². The Hall–Kier alpha value is -2.63. The average Bonchev–Trinajstić information content (AvgIpc) is 3.30. The molecule has 65 heavy (non-hydrogen) atoms. The van der Waals surface area contributed by atoms with Crippen LogP contribution in [0.4, 0.5) is 0 Å². The van der Waals surface area contributed by atoms with Crippen molar-refractivity contribution in [3.8, 4) is 0 Å². The lowest BCUT2D eigenvalue weighted by atomic mass is 10.0.